The molecule has 2 aliphatic rings. The molecule has 1 spiro atoms. The molecule has 1 saturated heterocycles. The SMILES string of the molecule is [C-]#[N+][C@@H]1C[C@@]2(CN1C(=O)[C@H](CC(C)(C)C)N(CC(F)F)C(=O)C(=O)Nc1ccccc1)C(=O)Nc1ccccc12. The lowest BCUT2D eigenvalue weighted by atomic mass is 9.80. The van der Waals surface area contributed by atoms with Crippen LogP contribution in [0.1, 0.15) is 39.2 Å². The minimum absolute atomic E-state index is 0.0185. The Morgan fingerprint density at radius 1 is 1.15 bits per heavy atom. The van der Waals surface area contributed by atoms with Gasteiger partial charge in [-0.2, -0.15) is 0 Å². The number of fused-ring (bicyclic) bond motifs is 2. The Labute approximate surface area is 231 Å². The van der Waals surface area contributed by atoms with Crippen molar-refractivity contribution in [2.45, 2.75) is 57.7 Å². The number of hydrogen-bond donors (Lipinski definition) is 2. The first-order valence-corrected chi connectivity index (χ1v) is 12.9. The van der Waals surface area contributed by atoms with Crippen molar-refractivity contribution in [2.24, 2.45) is 5.41 Å². The maximum absolute atomic E-state index is 14.1. The van der Waals surface area contributed by atoms with Crippen molar-refractivity contribution in [1.29, 1.82) is 0 Å². The molecule has 0 aliphatic carbocycles. The van der Waals surface area contributed by atoms with Crippen molar-refractivity contribution in [2.75, 3.05) is 23.7 Å². The van der Waals surface area contributed by atoms with Crippen LogP contribution in [0, 0.1) is 12.0 Å². The van der Waals surface area contributed by atoms with Gasteiger partial charge in [0.05, 0.1) is 13.0 Å². The number of likely N-dealkylation sites (tertiary alicyclic amines) is 1. The van der Waals surface area contributed by atoms with Gasteiger partial charge in [-0.1, -0.05) is 57.2 Å². The van der Waals surface area contributed by atoms with Crippen LogP contribution < -0.4 is 10.6 Å². The van der Waals surface area contributed by atoms with Gasteiger partial charge < -0.3 is 15.5 Å². The maximum atomic E-state index is 14.1. The standard InChI is InChI=1S/C29H31F2N5O4/c1-28(2,3)14-21(35(16-22(30)31)26(39)24(37)33-18-10-6-5-7-11-18)25(38)36-17-29(15-23(36)32-4)19-12-8-9-13-20(19)34-27(29)40/h5-13,21-23H,14-17H2,1-3H3,(H,33,37)(H,34,40)/t21-,23-,29-/m0/s1. The highest BCUT2D eigenvalue weighted by Gasteiger charge is 2.59. The fourth-order valence-electron chi connectivity index (χ4n) is 5.40. The topological polar surface area (TPSA) is 103 Å². The van der Waals surface area contributed by atoms with E-state index in [0.29, 0.717) is 16.2 Å². The third-order valence-corrected chi connectivity index (χ3v) is 7.18. The summed E-state index contributed by atoms with van der Waals surface area (Å²) >= 11 is 0. The van der Waals surface area contributed by atoms with Crippen LogP contribution in [-0.2, 0) is 24.6 Å². The predicted molar refractivity (Wildman–Crippen MR) is 144 cm³/mol. The van der Waals surface area contributed by atoms with Gasteiger partial charge in [0, 0.05) is 17.9 Å². The summed E-state index contributed by atoms with van der Waals surface area (Å²) in [6, 6.07) is 13.6. The van der Waals surface area contributed by atoms with Gasteiger partial charge in [0.1, 0.15) is 11.5 Å². The molecule has 40 heavy (non-hydrogen) atoms. The van der Waals surface area contributed by atoms with Crippen LogP contribution >= 0.6 is 0 Å². The summed E-state index contributed by atoms with van der Waals surface area (Å²) in [7, 11) is 0. The fourth-order valence-corrected chi connectivity index (χ4v) is 5.40. The zero-order valence-electron chi connectivity index (χ0n) is 22.5. The molecule has 2 aliphatic heterocycles. The second-order valence-corrected chi connectivity index (χ2v) is 11.3. The second kappa shape index (κ2) is 11.0. The van der Waals surface area contributed by atoms with E-state index in [0.717, 1.165) is 0 Å². The highest BCUT2D eigenvalue weighted by atomic mass is 19.3. The highest BCUT2D eigenvalue weighted by Crippen LogP contribution is 2.47. The molecule has 9 nitrogen and oxygen atoms in total. The van der Waals surface area contributed by atoms with E-state index in [-0.39, 0.29) is 31.0 Å². The summed E-state index contributed by atoms with van der Waals surface area (Å²) < 4.78 is 27.6. The average molecular weight is 552 g/mol. The van der Waals surface area contributed by atoms with Crippen molar-refractivity contribution in [3.05, 3.63) is 71.6 Å². The molecule has 0 bridgehead atoms. The number of nitrogens with zero attached hydrogens (tertiary/aromatic N) is 3. The van der Waals surface area contributed by atoms with Gasteiger partial charge in [0.2, 0.25) is 5.91 Å². The summed E-state index contributed by atoms with van der Waals surface area (Å²) in [6.45, 7) is 11.8. The third kappa shape index (κ3) is 5.66. The first-order valence-electron chi connectivity index (χ1n) is 12.9. The molecule has 11 heteroatoms. The zero-order chi connectivity index (χ0) is 29.2. The van der Waals surface area contributed by atoms with Crippen LogP contribution in [-0.4, -0.2) is 65.2 Å². The lowest BCUT2D eigenvalue weighted by molar-refractivity contribution is -0.153. The molecule has 0 aromatic heterocycles. The van der Waals surface area contributed by atoms with Crippen LogP contribution in [0.2, 0.25) is 0 Å². The third-order valence-electron chi connectivity index (χ3n) is 7.18. The molecule has 210 valence electrons. The number of alkyl halides is 2. The van der Waals surface area contributed by atoms with Crippen molar-refractivity contribution in [1.82, 2.24) is 9.80 Å². The van der Waals surface area contributed by atoms with Gasteiger partial charge in [0.25, 0.3) is 12.3 Å². The normalized spacial score (nSPS) is 20.6. The number of nitrogens with one attached hydrogen (secondary N) is 2. The molecular weight excluding hydrogens is 520 g/mol. The van der Waals surface area contributed by atoms with Gasteiger partial charge in [-0.25, -0.2) is 15.4 Å². The van der Waals surface area contributed by atoms with E-state index in [1.807, 2.05) is 0 Å². The number of carbonyl (C=O) groups excluding carboxylic acids is 4. The molecule has 4 rings (SSSR count). The molecule has 2 heterocycles. The first kappa shape index (κ1) is 28.7. The largest absolute Gasteiger partial charge is 0.325 e. The molecule has 2 aromatic rings. The molecule has 0 unspecified atom stereocenters. The highest BCUT2D eigenvalue weighted by molar-refractivity contribution is 6.40. The van der Waals surface area contributed by atoms with Crippen LogP contribution in [0.4, 0.5) is 20.2 Å². The summed E-state index contributed by atoms with van der Waals surface area (Å²) in [4.78, 5) is 58.9. The van der Waals surface area contributed by atoms with Crippen molar-refractivity contribution < 1.29 is 28.0 Å². The van der Waals surface area contributed by atoms with Gasteiger partial charge in [-0.3, -0.25) is 28.9 Å². The maximum Gasteiger partial charge on any atom is 0.313 e. The van der Waals surface area contributed by atoms with Crippen molar-refractivity contribution in [3.8, 4) is 0 Å². The number of carbonyl (C=O) groups is 4. The Morgan fingerprint density at radius 2 is 1.80 bits per heavy atom. The van der Waals surface area contributed by atoms with Gasteiger partial charge in [-0.05, 0) is 35.6 Å². The Hall–Kier alpha value is -4.33. The lowest BCUT2D eigenvalue weighted by Gasteiger charge is -2.36. The van der Waals surface area contributed by atoms with E-state index in [1.54, 1.807) is 63.2 Å². The van der Waals surface area contributed by atoms with Gasteiger partial charge >= 0.3 is 18.0 Å². The van der Waals surface area contributed by atoms with E-state index in [2.05, 4.69) is 15.5 Å². The van der Waals surface area contributed by atoms with E-state index >= 15 is 0 Å². The average Bonchev–Trinajstić information content (AvgIpc) is 3.43. The molecule has 4 amide bonds. The van der Waals surface area contributed by atoms with Crippen LogP contribution in [0.5, 0.6) is 0 Å². The number of hydrogen-bond acceptors (Lipinski definition) is 4. The van der Waals surface area contributed by atoms with Crippen molar-refractivity contribution >= 4 is 35.0 Å². The monoisotopic (exact) mass is 551 g/mol. The quantitative estimate of drug-likeness (QED) is 0.420. The minimum Gasteiger partial charge on any atom is -0.325 e. The molecule has 0 radical (unpaired) electrons. The molecule has 2 N–H and O–H groups in total. The number of rotatable bonds is 6. The molecular formula is C29H31F2N5O4. The zero-order valence-corrected chi connectivity index (χ0v) is 22.5. The van der Waals surface area contributed by atoms with Gasteiger partial charge in [0.15, 0.2) is 0 Å². The Bertz CT molecular complexity index is 1350. The Morgan fingerprint density at radius 3 is 2.42 bits per heavy atom. The second-order valence-electron chi connectivity index (χ2n) is 11.3. The molecule has 0 saturated carbocycles. The molecule has 3 atom stereocenters. The molecule has 1 fully saturated rings. The smallest absolute Gasteiger partial charge is 0.313 e. The molecule has 2 aromatic carbocycles. The fraction of sp³-hybridized carbons (Fsp3) is 0.414. The van der Waals surface area contributed by atoms with E-state index < -0.39 is 53.7 Å². The summed E-state index contributed by atoms with van der Waals surface area (Å²) in [6.07, 6.45) is -4.13. The number of halogens is 2. The summed E-state index contributed by atoms with van der Waals surface area (Å²) in [5.41, 5.74) is -0.283. The van der Waals surface area contributed by atoms with Crippen LogP contribution in [0.25, 0.3) is 4.85 Å². The number of amides is 4. The lowest BCUT2D eigenvalue weighted by Crippen LogP contribution is -2.56. The van der Waals surface area contributed by atoms with E-state index in [1.165, 1.54) is 17.0 Å². The van der Waals surface area contributed by atoms with Crippen LogP contribution in [0.3, 0.4) is 0 Å². The predicted octanol–water partition coefficient (Wildman–Crippen LogP) is 3.89. The summed E-state index contributed by atoms with van der Waals surface area (Å²) in [5.74, 6) is -3.56. The van der Waals surface area contributed by atoms with Crippen LogP contribution in [0.15, 0.2) is 54.6 Å². The number of benzene rings is 2. The van der Waals surface area contributed by atoms with Gasteiger partial charge in [-0.15, -0.1) is 0 Å². The Kier molecular flexibility index (Phi) is 7.91. The van der Waals surface area contributed by atoms with E-state index in [9.17, 15) is 28.0 Å². The summed E-state index contributed by atoms with van der Waals surface area (Å²) in [5, 5.41) is 5.21. The Balaban J connectivity index is 1.69. The van der Waals surface area contributed by atoms with Crippen molar-refractivity contribution in [3.63, 3.8) is 0 Å². The number of anilines is 2. The van der Waals surface area contributed by atoms with E-state index in [4.69, 9.17) is 6.57 Å². The first-order chi connectivity index (χ1) is 18.9. The minimum atomic E-state index is -3.03. The number of para-hydroxylation sites is 2.